The molecule has 0 aromatic heterocycles. The minimum absolute atomic E-state index is 0.00644. The highest BCUT2D eigenvalue weighted by molar-refractivity contribution is 5.39. The van der Waals surface area contributed by atoms with Crippen LogP contribution in [0.1, 0.15) is 37.9 Å². The van der Waals surface area contributed by atoms with Crippen LogP contribution < -0.4 is 10.5 Å². The molecule has 0 bridgehead atoms. The van der Waals surface area contributed by atoms with Gasteiger partial charge in [0.2, 0.25) is 0 Å². The van der Waals surface area contributed by atoms with Gasteiger partial charge in [-0.05, 0) is 24.0 Å². The third-order valence-corrected chi connectivity index (χ3v) is 2.66. The standard InChI is InChI=1S/C13H21NO/c1-9-6-7-10(11(8-9)15-5)12(14)13(2,3)4/h6-8,12H,14H2,1-5H3. The van der Waals surface area contributed by atoms with Gasteiger partial charge >= 0.3 is 0 Å². The first-order valence-corrected chi connectivity index (χ1v) is 5.26. The Kier molecular flexibility index (Phi) is 3.40. The first-order valence-electron chi connectivity index (χ1n) is 5.26. The van der Waals surface area contributed by atoms with Crippen LogP contribution in [-0.4, -0.2) is 7.11 Å². The molecule has 2 N–H and O–H groups in total. The molecule has 15 heavy (non-hydrogen) atoms. The van der Waals surface area contributed by atoms with E-state index in [0.717, 1.165) is 11.3 Å². The van der Waals surface area contributed by atoms with E-state index >= 15 is 0 Å². The maximum absolute atomic E-state index is 6.22. The summed E-state index contributed by atoms with van der Waals surface area (Å²) < 4.78 is 5.36. The molecule has 1 aromatic carbocycles. The van der Waals surface area contributed by atoms with E-state index in [4.69, 9.17) is 10.5 Å². The van der Waals surface area contributed by atoms with Crippen LogP contribution in [0.15, 0.2) is 18.2 Å². The second kappa shape index (κ2) is 4.23. The van der Waals surface area contributed by atoms with Gasteiger partial charge in [0.1, 0.15) is 5.75 Å². The molecule has 0 amide bonds. The summed E-state index contributed by atoms with van der Waals surface area (Å²) >= 11 is 0. The van der Waals surface area contributed by atoms with Gasteiger partial charge in [0, 0.05) is 11.6 Å². The van der Waals surface area contributed by atoms with Gasteiger partial charge in [0.05, 0.1) is 7.11 Å². The first kappa shape index (κ1) is 12.1. The van der Waals surface area contributed by atoms with Crippen molar-refractivity contribution in [2.75, 3.05) is 7.11 Å². The van der Waals surface area contributed by atoms with E-state index < -0.39 is 0 Å². The summed E-state index contributed by atoms with van der Waals surface area (Å²) in [5.41, 5.74) is 8.53. The zero-order valence-corrected chi connectivity index (χ0v) is 10.3. The van der Waals surface area contributed by atoms with E-state index in [1.165, 1.54) is 5.56 Å². The highest BCUT2D eigenvalue weighted by atomic mass is 16.5. The normalized spacial score (nSPS) is 13.7. The maximum atomic E-state index is 6.22. The summed E-state index contributed by atoms with van der Waals surface area (Å²) in [5.74, 6) is 0.887. The second-order valence-corrected chi connectivity index (χ2v) is 5.09. The van der Waals surface area contributed by atoms with Crippen molar-refractivity contribution in [2.45, 2.75) is 33.7 Å². The van der Waals surface area contributed by atoms with E-state index in [9.17, 15) is 0 Å². The Balaban J connectivity index is 3.14. The fourth-order valence-electron chi connectivity index (χ4n) is 1.54. The largest absolute Gasteiger partial charge is 0.496 e. The van der Waals surface area contributed by atoms with Gasteiger partial charge in [-0.2, -0.15) is 0 Å². The lowest BCUT2D eigenvalue weighted by Gasteiger charge is -2.28. The number of benzene rings is 1. The van der Waals surface area contributed by atoms with Crippen LogP contribution >= 0.6 is 0 Å². The molecule has 1 atom stereocenters. The molecule has 0 radical (unpaired) electrons. The number of hydrogen-bond acceptors (Lipinski definition) is 2. The van der Waals surface area contributed by atoms with Crippen LogP contribution in [-0.2, 0) is 0 Å². The van der Waals surface area contributed by atoms with Gasteiger partial charge in [0.25, 0.3) is 0 Å². The summed E-state index contributed by atoms with van der Waals surface area (Å²) in [6.45, 7) is 8.46. The number of nitrogens with two attached hydrogens (primary N) is 1. The monoisotopic (exact) mass is 207 g/mol. The molecule has 0 heterocycles. The highest BCUT2D eigenvalue weighted by Gasteiger charge is 2.24. The van der Waals surface area contributed by atoms with Crippen LogP contribution in [0.2, 0.25) is 0 Å². The van der Waals surface area contributed by atoms with E-state index in [1.807, 2.05) is 6.07 Å². The molecule has 0 aliphatic carbocycles. The topological polar surface area (TPSA) is 35.2 Å². The van der Waals surface area contributed by atoms with Gasteiger partial charge in [-0.3, -0.25) is 0 Å². The SMILES string of the molecule is COc1cc(C)ccc1C(N)C(C)(C)C. The zero-order chi connectivity index (χ0) is 11.6. The summed E-state index contributed by atoms with van der Waals surface area (Å²) in [5, 5.41) is 0. The summed E-state index contributed by atoms with van der Waals surface area (Å²) in [4.78, 5) is 0. The summed E-state index contributed by atoms with van der Waals surface area (Å²) in [6, 6.07) is 6.15. The smallest absolute Gasteiger partial charge is 0.123 e. The minimum Gasteiger partial charge on any atom is -0.496 e. The molecule has 2 nitrogen and oxygen atoms in total. The molecule has 0 saturated carbocycles. The second-order valence-electron chi connectivity index (χ2n) is 5.09. The molecule has 84 valence electrons. The van der Waals surface area contributed by atoms with Gasteiger partial charge < -0.3 is 10.5 Å². The van der Waals surface area contributed by atoms with Crippen LogP contribution in [0.5, 0.6) is 5.75 Å². The van der Waals surface area contributed by atoms with Crippen LogP contribution in [0.25, 0.3) is 0 Å². The molecule has 1 aromatic rings. The van der Waals surface area contributed by atoms with Gasteiger partial charge in [-0.1, -0.05) is 32.9 Å². The molecule has 0 saturated heterocycles. The molecule has 0 aliphatic rings. The molecule has 0 aliphatic heterocycles. The Bertz CT molecular complexity index is 339. The third kappa shape index (κ3) is 2.72. The Hall–Kier alpha value is -1.02. The predicted octanol–water partition coefficient (Wildman–Crippen LogP) is 3.05. The van der Waals surface area contributed by atoms with Crippen LogP contribution in [0.3, 0.4) is 0 Å². The van der Waals surface area contributed by atoms with E-state index in [1.54, 1.807) is 7.11 Å². The molecule has 0 spiro atoms. The lowest BCUT2D eigenvalue weighted by atomic mass is 9.82. The molecule has 1 unspecified atom stereocenters. The first-order chi connectivity index (χ1) is 6.86. The molecule has 0 fully saturated rings. The molecule has 2 heteroatoms. The van der Waals surface area contributed by atoms with Gasteiger partial charge in [-0.25, -0.2) is 0 Å². The summed E-state index contributed by atoms with van der Waals surface area (Å²) in [6.07, 6.45) is 0. The third-order valence-electron chi connectivity index (χ3n) is 2.66. The zero-order valence-electron chi connectivity index (χ0n) is 10.3. The number of aryl methyl sites for hydroxylation is 1. The van der Waals surface area contributed by atoms with Crippen molar-refractivity contribution in [1.82, 2.24) is 0 Å². The Morgan fingerprint density at radius 2 is 1.87 bits per heavy atom. The lowest BCUT2D eigenvalue weighted by molar-refractivity contribution is 0.314. The van der Waals surface area contributed by atoms with E-state index in [0.29, 0.717) is 0 Å². The minimum atomic E-state index is -0.00644. The number of hydrogen-bond donors (Lipinski definition) is 1. The van der Waals surface area contributed by atoms with E-state index in [2.05, 4.69) is 39.8 Å². The number of methoxy groups -OCH3 is 1. The number of rotatable bonds is 2. The average Bonchev–Trinajstić information content (AvgIpc) is 2.15. The number of ether oxygens (including phenoxy) is 1. The quantitative estimate of drug-likeness (QED) is 0.809. The molecule has 1 rings (SSSR count). The fourth-order valence-corrected chi connectivity index (χ4v) is 1.54. The lowest BCUT2D eigenvalue weighted by Crippen LogP contribution is -2.26. The van der Waals surface area contributed by atoms with Gasteiger partial charge in [-0.15, -0.1) is 0 Å². The Labute approximate surface area is 92.4 Å². The Morgan fingerprint density at radius 3 is 2.33 bits per heavy atom. The van der Waals surface area contributed by atoms with Gasteiger partial charge in [0.15, 0.2) is 0 Å². The predicted molar refractivity (Wildman–Crippen MR) is 64.1 cm³/mol. The highest BCUT2D eigenvalue weighted by Crippen LogP contribution is 2.35. The van der Waals surface area contributed by atoms with Crippen molar-refractivity contribution >= 4 is 0 Å². The van der Waals surface area contributed by atoms with Crippen molar-refractivity contribution in [3.8, 4) is 5.75 Å². The van der Waals surface area contributed by atoms with Crippen LogP contribution in [0.4, 0.5) is 0 Å². The van der Waals surface area contributed by atoms with Crippen molar-refractivity contribution in [3.63, 3.8) is 0 Å². The van der Waals surface area contributed by atoms with Crippen molar-refractivity contribution < 1.29 is 4.74 Å². The van der Waals surface area contributed by atoms with Crippen molar-refractivity contribution in [1.29, 1.82) is 0 Å². The average molecular weight is 207 g/mol. The van der Waals surface area contributed by atoms with Crippen molar-refractivity contribution in [2.24, 2.45) is 11.1 Å². The van der Waals surface area contributed by atoms with Crippen LogP contribution in [0, 0.1) is 12.3 Å². The Morgan fingerprint density at radius 1 is 1.27 bits per heavy atom. The maximum Gasteiger partial charge on any atom is 0.123 e. The van der Waals surface area contributed by atoms with E-state index in [-0.39, 0.29) is 11.5 Å². The van der Waals surface area contributed by atoms with Crippen molar-refractivity contribution in [3.05, 3.63) is 29.3 Å². The molecular formula is C13H21NO. The summed E-state index contributed by atoms with van der Waals surface area (Å²) in [7, 11) is 1.69. The fraction of sp³-hybridized carbons (Fsp3) is 0.538. The molecular weight excluding hydrogens is 186 g/mol.